The lowest BCUT2D eigenvalue weighted by Crippen LogP contribution is -2.30. The minimum atomic E-state index is -0.550. The number of halogens is 1. The quantitative estimate of drug-likeness (QED) is 0.559. The smallest absolute Gasteiger partial charge is 0.341 e. The van der Waals surface area contributed by atoms with Gasteiger partial charge in [0.2, 0.25) is 5.91 Å². The first-order valence-corrected chi connectivity index (χ1v) is 9.21. The van der Waals surface area contributed by atoms with Gasteiger partial charge in [-0.25, -0.2) is 4.79 Å². The summed E-state index contributed by atoms with van der Waals surface area (Å²) in [5.74, 6) is -0.841. The van der Waals surface area contributed by atoms with Crippen LogP contribution >= 0.6 is 22.9 Å². The molecule has 1 heterocycles. The summed E-state index contributed by atoms with van der Waals surface area (Å²) in [5, 5.41) is 3.00. The van der Waals surface area contributed by atoms with E-state index in [1.54, 1.807) is 18.7 Å². The molecule has 0 aliphatic rings. The molecule has 0 aliphatic heterocycles. The molecular weight excluding hydrogens is 352 g/mol. The third kappa shape index (κ3) is 4.70. The fourth-order valence-electron chi connectivity index (χ4n) is 2.18. The molecule has 0 saturated carbocycles. The van der Waals surface area contributed by atoms with Crippen LogP contribution in [-0.4, -0.2) is 48.3 Å². The van der Waals surface area contributed by atoms with E-state index in [1.807, 2.05) is 13.8 Å². The number of nitrogens with one attached hydrogen (secondary N) is 1. The van der Waals surface area contributed by atoms with E-state index >= 15 is 0 Å². The molecule has 0 unspecified atom stereocenters. The largest absolute Gasteiger partial charge is 0.462 e. The number of ether oxygens (including phenoxy) is 1. The van der Waals surface area contributed by atoms with Gasteiger partial charge in [0, 0.05) is 25.4 Å². The van der Waals surface area contributed by atoms with E-state index in [4.69, 9.17) is 16.3 Å². The lowest BCUT2D eigenvalue weighted by atomic mass is 10.1. The number of carbonyl (C=O) groups is 3. The van der Waals surface area contributed by atoms with E-state index in [-0.39, 0.29) is 36.3 Å². The predicted molar refractivity (Wildman–Crippen MR) is 96.2 cm³/mol. The average molecular weight is 375 g/mol. The van der Waals surface area contributed by atoms with Crippen molar-refractivity contribution in [2.24, 2.45) is 0 Å². The van der Waals surface area contributed by atoms with Gasteiger partial charge in [-0.05, 0) is 33.3 Å². The Labute approximate surface area is 151 Å². The summed E-state index contributed by atoms with van der Waals surface area (Å²) in [6.45, 7) is 8.51. The molecule has 0 atom stereocenters. The van der Waals surface area contributed by atoms with Gasteiger partial charge in [-0.15, -0.1) is 22.9 Å². The molecule has 0 radical (unpaired) electrons. The Bertz CT molecular complexity index is 611. The minimum Gasteiger partial charge on any atom is -0.462 e. The van der Waals surface area contributed by atoms with Crippen molar-refractivity contribution in [3.05, 3.63) is 16.0 Å². The molecule has 1 aromatic heterocycles. The number of thiophene rings is 1. The Morgan fingerprint density at radius 1 is 1.21 bits per heavy atom. The van der Waals surface area contributed by atoms with Gasteiger partial charge in [-0.2, -0.15) is 0 Å². The number of hydrogen-bond acceptors (Lipinski definition) is 5. The minimum absolute atomic E-state index is 0.125. The number of nitrogens with zero attached hydrogens (tertiary/aromatic N) is 1. The summed E-state index contributed by atoms with van der Waals surface area (Å²) < 4.78 is 5.06. The molecule has 24 heavy (non-hydrogen) atoms. The summed E-state index contributed by atoms with van der Waals surface area (Å²) in [6.07, 6.45) is 0.125. The topological polar surface area (TPSA) is 75.7 Å². The third-order valence-corrected chi connectivity index (χ3v) is 4.83. The van der Waals surface area contributed by atoms with Gasteiger partial charge >= 0.3 is 5.97 Å². The fraction of sp³-hybridized carbons (Fsp3) is 0.562. The zero-order valence-corrected chi connectivity index (χ0v) is 16.0. The highest BCUT2D eigenvalue weighted by Crippen LogP contribution is 2.34. The monoisotopic (exact) mass is 374 g/mol. The van der Waals surface area contributed by atoms with Crippen molar-refractivity contribution in [3.8, 4) is 0 Å². The molecule has 8 heteroatoms. The second-order valence-corrected chi connectivity index (χ2v) is 6.34. The zero-order chi connectivity index (χ0) is 18.3. The van der Waals surface area contributed by atoms with Gasteiger partial charge in [0.25, 0.3) is 5.91 Å². The van der Waals surface area contributed by atoms with Crippen molar-refractivity contribution in [2.45, 2.75) is 34.1 Å². The van der Waals surface area contributed by atoms with Crippen molar-refractivity contribution >= 4 is 45.7 Å². The van der Waals surface area contributed by atoms with Crippen molar-refractivity contribution in [1.82, 2.24) is 4.90 Å². The molecule has 2 amide bonds. The van der Waals surface area contributed by atoms with Crippen LogP contribution in [0.2, 0.25) is 0 Å². The number of rotatable bonds is 8. The SMILES string of the molecule is CCOC(=O)c1c(NC(=O)CCCl)sc(C(=O)N(CC)CC)c1C. The molecule has 0 aliphatic carbocycles. The zero-order valence-electron chi connectivity index (χ0n) is 14.4. The van der Waals surface area contributed by atoms with Crippen LogP contribution in [0, 0.1) is 6.92 Å². The van der Waals surface area contributed by atoms with Crippen molar-refractivity contribution in [2.75, 3.05) is 30.9 Å². The summed E-state index contributed by atoms with van der Waals surface area (Å²) in [4.78, 5) is 38.8. The summed E-state index contributed by atoms with van der Waals surface area (Å²) in [6, 6.07) is 0. The van der Waals surface area contributed by atoms with Gasteiger partial charge in [-0.1, -0.05) is 0 Å². The average Bonchev–Trinajstić information content (AvgIpc) is 2.85. The maximum absolute atomic E-state index is 12.6. The van der Waals surface area contributed by atoms with Crippen LogP contribution in [0.15, 0.2) is 0 Å². The predicted octanol–water partition coefficient (Wildman–Crippen LogP) is 3.28. The van der Waals surface area contributed by atoms with E-state index in [1.165, 1.54) is 0 Å². The number of alkyl halides is 1. The van der Waals surface area contributed by atoms with Crippen molar-refractivity contribution < 1.29 is 19.1 Å². The van der Waals surface area contributed by atoms with E-state index in [2.05, 4.69) is 5.32 Å². The van der Waals surface area contributed by atoms with Gasteiger partial charge < -0.3 is 15.0 Å². The van der Waals surface area contributed by atoms with Crippen molar-refractivity contribution in [1.29, 1.82) is 0 Å². The first-order valence-electron chi connectivity index (χ1n) is 7.86. The molecule has 0 aromatic carbocycles. The highest BCUT2D eigenvalue weighted by atomic mass is 35.5. The standard InChI is InChI=1S/C16H23ClN2O4S/c1-5-19(6-2)15(21)13-10(4)12(16(22)23-7-3)14(24-13)18-11(20)8-9-17/h5-9H2,1-4H3,(H,18,20). The first kappa shape index (κ1) is 20.4. The maximum atomic E-state index is 12.6. The van der Waals surface area contributed by atoms with Crippen LogP contribution in [-0.2, 0) is 9.53 Å². The van der Waals surface area contributed by atoms with E-state index in [9.17, 15) is 14.4 Å². The second-order valence-electron chi connectivity index (χ2n) is 4.95. The number of esters is 1. The van der Waals surface area contributed by atoms with Crippen LogP contribution in [0.4, 0.5) is 5.00 Å². The maximum Gasteiger partial charge on any atom is 0.341 e. The van der Waals surface area contributed by atoms with E-state index in [0.717, 1.165) is 11.3 Å². The number of hydrogen-bond donors (Lipinski definition) is 1. The van der Waals surface area contributed by atoms with Crippen LogP contribution in [0.3, 0.4) is 0 Å². The van der Waals surface area contributed by atoms with Gasteiger partial charge in [-0.3, -0.25) is 9.59 Å². The first-order chi connectivity index (χ1) is 11.4. The van der Waals surface area contributed by atoms with Crippen molar-refractivity contribution in [3.63, 3.8) is 0 Å². The van der Waals surface area contributed by atoms with Gasteiger partial charge in [0.15, 0.2) is 0 Å². The highest BCUT2D eigenvalue weighted by Gasteiger charge is 2.28. The molecule has 1 aromatic rings. The van der Waals surface area contributed by atoms with E-state index in [0.29, 0.717) is 28.5 Å². The van der Waals surface area contributed by atoms with Crippen LogP contribution in [0.1, 0.15) is 52.8 Å². The fourth-order valence-corrected chi connectivity index (χ4v) is 3.53. The van der Waals surface area contributed by atoms with Crippen LogP contribution in [0.5, 0.6) is 0 Å². The lowest BCUT2D eigenvalue weighted by Gasteiger charge is -2.18. The molecule has 0 saturated heterocycles. The molecule has 0 spiro atoms. The summed E-state index contributed by atoms with van der Waals surface area (Å²) in [5.41, 5.74) is 0.761. The molecule has 6 nitrogen and oxygen atoms in total. The second kappa shape index (κ2) is 9.64. The Morgan fingerprint density at radius 3 is 2.33 bits per heavy atom. The Hall–Kier alpha value is -1.60. The highest BCUT2D eigenvalue weighted by molar-refractivity contribution is 7.18. The Kier molecular flexibility index (Phi) is 8.21. The van der Waals surface area contributed by atoms with Crippen LogP contribution < -0.4 is 5.32 Å². The van der Waals surface area contributed by atoms with E-state index < -0.39 is 5.97 Å². The van der Waals surface area contributed by atoms with Crippen LogP contribution in [0.25, 0.3) is 0 Å². The normalized spacial score (nSPS) is 10.4. The Balaban J connectivity index is 3.30. The lowest BCUT2D eigenvalue weighted by molar-refractivity contribution is -0.115. The third-order valence-electron chi connectivity index (χ3n) is 3.45. The molecule has 1 N–H and O–H groups in total. The molecule has 134 valence electrons. The Morgan fingerprint density at radius 2 is 1.83 bits per heavy atom. The summed E-state index contributed by atoms with van der Waals surface area (Å²) >= 11 is 6.67. The van der Waals surface area contributed by atoms with Gasteiger partial charge in [0.05, 0.1) is 17.0 Å². The summed E-state index contributed by atoms with van der Waals surface area (Å²) in [7, 11) is 0. The number of anilines is 1. The number of amides is 2. The molecule has 0 bridgehead atoms. The molecule has 1 rings (SSSR count). The molecular formula is C16H23ClN2O4S. The molecule has 0 fully saturated rings. The van der Waals surface area contributed by atoms with Gasteiger partial charge in [0.1, 0.15) is 5.00 Å². The number of carbonyl (C=O) groups excluding carboxylic acids is 3.